The third-order valence-corrected chi connectivity index (χ3v) is 8.65. The molecule has 3 aliphatic carbocycles. The molecule has 0 saturated heterocycles. The Morgan fingerprint density at radius 3 is 1.64 bits per heavy atom. The summed E-state index contributed by atoms with van der Waals surface area (Å²) in [7, 11) is 0. The van der Waals surface area contributed by atoms with Crippen LogP contribution in [0.2, 0.25) is 0 Å². The van der Waals surface area contributed by atoms with Crippen LogP contribution in [-0.4, -0.2) is 0 Å². The van der Waals surface area contributed by atoms with Crippen LogP contribution in [0.15, 0.2) is 24.8 Å². The normalized spacial score (nSPS) is 37.2. The second-order valence-electron chi connectivity index (χ2n) is 10.6. The molecule has 0 heterocycles. The summed E-state index contributed by atoms with van der Waals surface area (Å²) >= 11 is 0. The zero-order valence-corrected chi connectivity index (χ0v) is 18.9. The van der Waals surface area contributed by atoms with Gasteiger partial charge in [-0.1, -0.05) is 70.1 Å². The van der Waals surface area contributed by atoms with E-state index in [9.17, 15) is 0 Å². The van der Waals surface area contributed by atoms with Gasteiger partial charge >= 0.3 is 0 Å². The molecule has 0 nitrogen and oxygen atoms in total. The smallest absolute Gasteiger partial charge is 0.0233 e. The summed E-state index contributed by atoms with van der Waals surface area (Å²) in [6, 6.07) is 0. The second-order valence-corrected chi connectivity index (χ2v) is 10.6. The van der Waals surface area contributed by atoms with E-state index < -0.39 is 0 Å². The summed E-state index contributed by atoms with van der Waals surface area (Å²) in [5.41, 5.74) is 0. The van der Waals surface area contributed by atoms with Gasteiger partial charge in [-0.3, -0.25) is 0 Å². The summed E-state index contributed by atoms with van der Waals surface area (Å²) in [4.78, 5) is 0. The van der Waals surface area contributed by atoms with E-state index in [2.05, 4.69) is 31.7 Å². The molecule has 0 atom stereocenters. The molecule has 28 heavy (non-hydrogen) atoms. The van der Waals surface area contributed by atoms with Crippen molar-refractivity contribution < 1.29 is 0 Å². The van der Waals surface area contributed by atoms with E-state index >= 15 is 0 Å². The first-order valence-corrected chi connectivity index (χ1v) is 13.1. The Kier molecular flexibility index (Phi) is 9.69. The monoisotopic (exact) mass is 384 g/mol. The quantitative estimate of drug-likeness (QED) is 0.274. The van der Waals surface area contributed by atoms with E-state index in [1.54, 1.807) is 25.7 Å². The molecule has 0 amide bonds. The van der Waals surface area contributed by atoms with Gasteiger partial charge in [-0.25, -0.2) is 0 Å². The first-order chi connectivity index (χ1) is 13.8. The van der Waals surface area contributed by atoms with E-state index in [-0.39, 0.29) is 0 Å². The first kappa shape index (κ1) is 22.2. The van der Waals surface area contributed by atoms with Crippen LogP contribution in [0.5, 0.6) is 0 Å². The van der Waals surface area contributed by atoms with Crippen LogP contribution >= 0.6 is 0 Å². The molecule has 0 aromatic heterocycles. The van der Waals surface area contributed by atoms with Crippen LogP contribution in [-0.2, 0) is 0 Å². The molecule has 0 unspecified atom stereocenters. The Labute approximate surface area is 176 Å². The highest BCUT2D eigenvalue weighted by Gasteiger charge is 2.30. The van der Waals surface area contributed by atoms with Crippen molar-refractivity contribution in [2.75, 3.05) is 0 Å². The van der Waals surface area contributed by atoms with Crippen molar-refractivity contribution >= 4 is 0 Å². The van der Waals surface area contributed by atoms with Gasteiger partial charge in [-0.2, -0.15) is 0 Å². The largest absolute Gasteiger partial charge is 0.103 e. The lowest BCUT2D eigenvalue weighted by atomic mass is 9.68. The summed E-state index contributed by atoms with van der Waals surface area (Å²) in [5.74, 6) is 5.76. The fourth-order valence-electron chi connectivity index (χ4n) is 6.50. The van der Waals surface area contributed by atoms with Gasteiger partial charge in [0.15, 0.2) is 0 Å². The molecule has 3 rings (SSSR count). The number of hydrogen-bond acceptors (Lipinski definition) is 0. The van der Waals surface area contributed by atoms with Crippen LogP contribution in [0.1, 0.15) is 116 Å². The number of unbranched alkanes of at least 4 members (excludes halogenated alkanes) is 3. The van der Waals surface area contributed by atoms with Gasteiger partial charge in [0.2, 0.25) is 0 Å². The van der Waals surface area contributed by atoms with Crippen LogP contribution in [0.3, 0.4) is 0 Å². The summed E-state index contributed by atoms with van der Waals surface area (Å²) in [6.07, 6.45) is 32.4. The lowest BCUT2D eigenvalue weighted by Crippen LogP contribution is -2.25. The van der Waals surface area contributed by atoms with Crippen LogP contribution < -0.4 is 0 Å². The Morgan fingerprint density at radius 1 is 0.607 bits per heavy atom. The summed E-state index contributed by atoms with van der Waals surface area (Å²) in [6.45, 7) is 6.30. The first-order valence-electron chi connectivity index (χ1n) is 13.1. The molecule has 0 aromatic carbocycles. The van der Waals surface area contributed by atoms with Crippen molar-refractivity contribution in [1.29, 1.82) is 0 Å². The highest BCUT2D eigenvalue weighted by molar-refractivity contribution is 4.98. The fourth-order valence-corrected chi connectivity index (χ4v) is 6.50. The SMILES string of the molecule is C=CC1CCC(C=CC2CCC(C3CCC(CCCCCC)CC3)CC2)CC1. The standard InChI is InChI=1S/C28H48/c1-3-5-6-7-8-24-15-19-27(20-16-24)28-21-17-26(18-22-28)14-13-25-11-9-23(4-2)10-12-25/h4,13-14,23-28H,2-3,5-12,15-22H2,1H3. The molecule has 3 aliphatic rings. The van der Waals surface area contributed by atoms with Crippen molar-refractivity contribution in [3.05, 3.63) is 24.8 Å². The molecule has 0 N–H and O–H groups in total. The average Bonchev–Trinajstić information content (AvgIpc) is 2.76. The van der Waals surface area contributed by atoms with Gasteiger partial charge < -0.3 is 0 Å². The maximum Gasteiger partial charge on any atom is -0.0233 e. The average molecular weight is 385 g/mol. The van der Waals surface area contributed by atoms with Crippen molar-refractivity contribution in [3.8, 4) is 0 Å². The molecule has 0 spiro atoms. The van der Waals surface area contributed by atoms with E-state index in [1.165, 1.54) is 83.5 Å². The molecule has 160 valence electrons. The van der Waals surface area contributed by atoms with Gasteiger partial charge in [0.25, 0.3) is 0 Å². The lowest BCUT2D eigenvalue weighted by molar-refractivity contribution is 0.151. The van der Waals surface area contributed by atoms with E-state index in [0.29, 0.717) is 0 Å². The molecular formula is C28H48. The third-order valence-electron chi connectivity index (χ3n) is 8.65. The van der Waals surface area contributed by atoms with Gasteiger partial charge in [0.1, 0.15) is 0 Å². The predicted molar refractivity (Wildman–Crippen MR) is 124 cm³/mol. The highest BCUT2D eigenvalue weighted by atomic mass is 14.4. The van der Waals surface area contributed by atoms with Gasteiger partial charge in [0, 0.05) is 0 Å². The Balaban J connectivity index is 1.29. The topological polar surface area (TPSA) is 0 Å². The lowest BCUT2D eigenvalue weighted by Gasteiger charge is -2.37. The van der Waals surface area contributed by atoms with Gasteiger partial charge in [-0.05, 0) is 99.7 Å². The van der Waals surface area contributed by atoms with E-state index in [0.717, 1.165) is 35.5 Å². The minimum Gasteiger partial charge on any atom is -0.103 e. The van der Waals surface area contributed by atoms with Crippen molar-refractivity contribution in [3.63, 3.8) is 0 Å². The van der Waals surface area contributed by atoms with Crippen LogP contribution in [0, 0.1) is 35.5 Å². The summed E-state index contributed by atoms with van der Waals surface area (Å²) < 4.78 is 0. The third kappa shape index (κ3) is 7.07. The molecule has 0 aliphatic heterocycles. The maximum atomic E-state index is 3.98. The van der Waals surface area contributed by atoms with Crippen molar-refractivity contribution in [2.45, 2.75) is 116 Å². The van der Waals surface area contributed by atoms with Crippen molar-refractivity contribution in [1.82, 2.24) is 0 Å². The van der Waals surface area contributed by atoms with Crippen LogP contribution in [0.25, 0.3) is 0 Å². The molecule has 0 bridgehead atoms. The van der Waals surface area contributed by atoms with Gasteiger partial charge in [-0.15, -0.1) is 6.58 Å². The van der Waals surface area contributed by atoms with Crippen molar-refractivity contribution in [2.24, 2.45) is 35.5 Å². The minimum absolute atomic E-state index is 0.798. The number of hydrogen-bond donors (Lipinski definition) is 0. The Hall–Kier alpha value is -0.520. The second kappa shape index (κ2) is 12.2. The predicted octanol–water partition coefficient (Wildman–Crippen LogP) is 9.12. The van der Waals surface area contributed by atoms with Crippen LogP contribution in [0.4, 0.5) is 0 Å². The van der Waals surface area contributed by atoms with E-state index in [4.69, 9.17) is 0 Å². The zero-order valence-electron chi connectivity index (χ0n) is 18.9. The van der Waals surface area contributed by atoms with Gasteiger partial charge in [0.05, 0.1) is 0 Å². The summed E-state index contributed by atoms with van der Waals surface area (Å²) in [5, 5.41) is 0. The minimum atomic E-state index is 0.798. The Morgan fingerprint density at radius 2 is 1.11 bits per heavy atom. The molecule has 3 saturated carbocycles. The molecule has 0 aromatic rings. The molecule has 3 fully saturated rings. The molecule has 0 radical (unpaired) electrons. The zero-order chi connectivity index (χ0) is 19.6. The number of allylic oxidation sites excluding steroid dienone is 3. The molecule has 0 heteroatoms. The Bertz CT molecular complexity index is 437. The van der Waals surface area contributed by atoms with E-state index in [1.807, 2.05) is 0 Å². The maximum absolute atomic E-state index is 3.98. The molecular weight excluding hydrogens is 336 g/mol. The highest BCUT2D eigenvalue weighted by Crippen LogP contribution is 2.42. The fraction of sp³-hybridized carbons (Fsp3) is 0.857. The number of rotatable bonds is 9.